The Balaban J connectivity index is 2.81. The van der Waals surface area contributed by atoms with E-state index in [0.29, 0.717) is 25.3 Å². The summed E-state index contributed by atoms with van der Waals surface area (Å²) in [5, 5.41) is 3.01. The summed E-state index contributed by atoms with van der Waals surface area (Å²) in [4.78, 5) is 0. The highest BCUT2D eigenvalue weighted by atomic mass is 19.4. The molecule has 1 rings (SSSR count). The predicted octanol–water partition coefficient (Wildman–Crippen LogP) is 3.40. The van der Waals surface area contributed by atoms with Crippen LogP contribution in [-0.4, -0.2) is 26.9 Å². The van der Waals surface area contributed by atoms with Crippen molar-refractivity contribution >= 4 is 0 Å². The maximum absolute atomic E-state index is 13.0. The summed E-state index contributed by atoms with van der Waals surface area (Å²) < 4.78 is 49.1. The quantitative estimate of drug-likeness (QED) is 0.590. The van der Waals surface area contributed by atoms with Gasteiger partial charge in [-0.1, -0.05) is 18.2 Å². The van der Waals surface area contributed by atoms with Crippen molar-refractivity contribution < 1.29 is 22.6 Å². The molecule has 0 amide bonds. The van der Waals surface area contributed by atoms with Gasteiger partial charge in [0.2, 0.25) is 0 Å². The van der Waals surface area contributed by atoms with Gasteiger partial charge in [-0.3, -0.25) is 0 Å². The van der Waals surface area contributed by atoms with Crippen LogP contribution in [0.3, 0.4) is 0 Å². The number of halogens is 3. The second kappa shape index (κ2) is 8.69. The third kappa shape index (κ3) is 6.18. The molecular formula is C15H20F3NO2. The lowest BCUT2D eigenvalue weighted by atomic mass is 10.1. The number of ether oxygens (including phenoxy) is 2. The van der Waals surface area contributed by atoms with Crippen LogP contribution in [0.2, 0.25) is 0 Å². The van der Waals surface area contributed by atoms with Gasteiger partial charge in [0.15, 0.2) is 0 Å². The highest BCUT2D eigenvalue weighted by Gasteiger charge is 2.34. The van der Waals surface area contributed by atoms with Gasteiger partial charge in [-0.15, -0.1) is 0 Å². The smallest absolute Gasteiger partial charge is 0.419 e. The van der Waals surface area contributed by atoms with Crippen molar-refractivity contribution in [3.8, 4) is 5.75 Å². The van der Waals surface area contributed by atoms with Crippen LogP contribution in [0.25, 0.3) is 0 Å². The average molecular weight is 303 g/mol. The van der Waals surface area contributed by atoms with Crippen LogP contribution in [0, 0.1) is 0 Å². The molecule has 1 aromatic carbocycles. The standard InChI is InChI=1S/C15H20F3NO2/c1-3-4-8-21-14-6-5-12(11-19-7-9-20-2)10-13(14)15(16,17)18/h3-6,10,19H,7-9,11H2,1-2H3. The third-order valence-electron chi connectivity index (χ3n) is 2.73. The van der Waals surface area contributed by atoms with E-state index < -0.39 is 11.7 Å². The molecule has 118 valence electrons. The molecule has 0 aliphatic rings. The van der Waals surface area contributed by atoms with Gasteiger partial charge in [0.1, 0.15) is 12.4 Å². The largest absolute Gasteiger partial charge is 0.489 e. The molecule has 0 unspecified atom stereocenters. The summed E-state index contributed by atoms with van der Waals surface area (Å²) >= 11 is 0. The van der Waals surface area contributed by atoms with E-state index in [4.69, 9.17) is 9.47 Å². The zero-order valence-electron chi connectivity index (χ0n) is 12.2. The Morgan fingerprint density at radius 3 is 2.67 bits per heavy atom. The molecule has 0 aliphatic heterocycles. The first-order valence-corrected chi connectivity index (χ1v) is 6.62. The zero-order valence-corrected chi connectivity index (χ0v) is 12.2. The van der Waals surface area contributed by atoms with E-state index in [0.717, 1.165) is 6.07 Å². The molecule has 0 aromatic heterocycles. The van der Waals surface area contributed by atoms with E-state index in [1.807, 2.05) is 0 Å². The molecule has 21 heavy (non-hydrogen) atoms. The maximum atomic E-state index is 13.0. The van der Waals surface area contributed by atoms with E-state index in [-0.39, 0.29) is 12.4 Å². The fourth-order valence-electron chi connectivity index (χ4n) is 1.68. The Labute approximate surface area is 122 Å². The van der Waals surface area contributed by atoms with Crippen LogP contribution in [-0.2, 0) is 17.5 Å². The van der Waals surface area contributed by atoms with Crippen molar-refractivity contribution in [3.63, 3.8) is 0 Å². The minimum absolute atomic E-state index is 0.116. The molecule has 0 bridgehead atoms. The van der Waals surface area contributed by atoms with Gasteiger partial charge >= 0.3 is 6.18 Å². The van der Waals surface area contributed by atoms with E-state index in [9.17, 15) is 13.2 Å². The number of nitrogens with one attached hydrogen (secondary N) is 1. The third-order valence-corrected chi connectivity index (χ3v) is 2.73. The van der Waals surface area contributed by atoms with Crippen LogP contribution in [0.15, 0.2) is 30.4 Å². The fourth-order valence-corrected chi connectivity index (χ4v) is 1.68. The monoisotopic (exact) mass is 303 g/mol. The highest BCUT2D eigenvalue weighted by molar-refractivity contribution is 5.39. The van der Waals surface area contributed by atoms with E-state index in [1.165, 1.54) is 6.07 Å². The lowest BCUT2D eigenvalue weighted by Gasteiger charge is -2.15. The molecule has 1 aromatic rings. The van der Waals surface area contributed by atoms with Crippen molar-refractivity contribution in [3.05, 3.63) is 41.5 Å². The first-order chi connectivity index (χ1) is 9.99. The van der Waals surface area contributed by atoms with Crippen molar-refractivity contribution in [2.24, 2.45) is 0 Å². The Morgan fingerprint density at radius 1 is 1.29 bits per heavy atom. The highest BCUT2D eigenvalue weighted by Crippen LogP contribution is 2.36. The van der Waals surface area contributed by atoms with Crippen LogP contribution >= 0.6 is 0 Å². The van der Waals surface area contributed by atoms with Gasteiger partial charge in [0.05, 0.1) is 12.2 Å². The minimum atomic E-state index is -4.44. The van der Waals surface area contributed by atoms with Crippen molar-refractivity contribution in [2.75, 3.05) is 26.9 Å². The molecule has 6 heteroatoms. The summed E-state index contributed by atoms with van der Waals surface area (Å²) in [5.74, 6) is -0.152. The first kappa shape index (κ1) is 17.5. The average Bonchev–Trinajstić information content (AvgIpc) is 2.44. The number of methoxy groups -OCH3 is 1. The SMILES string of the molecule is CC=CCOc1ccc(CNCCOC)cc1C(F)(F)F. The molecule has 0 saturated heterocycles. The predicted molar refractivity (Wildman–Crippen MR) is 75.3 cm³/mol. The molecular weight excluding hydrogens is 283 g/mol. The Kier molecular flexibility index (Phi) is 7.25. The summed E-state index contributed by atoms with van der Waals surface area (Å²) in [6.07, 6.45) is -1.06. The Morgan fingerprint density at radius 2 is 2.05 bits per heavy atom. The molecule has 0 spiro atoms. The van der Waals surface area contributed by atoms with Crippen molar-refractivity contribution in [1.29, 1.82) is 0 Å². The van der Waals surface area contributed by atoms with Gasteiger partial charge < -0.3 is 14.8 Å². The summed E-state index contributed by atoms with van der Waals surface area (Å²) in [7, 11) is 1.57. The van der Waals surface area contributed by atoms with Gasteiger partial charge in [-0.2, -0.15) is 13.2 Å². The molecule has 0 atom stereocenters. The second-order valence-corrected chi connectivity index (χ2v) is 4.38. The summed E-state index contributed by atoms with van der Waals surface area (Å²) in [6.45, 7) is 3.34. The van der Waals surface area contributed by atoms with Crippen LogP contribution in [0.1, 0.15) is 18.1 Å². The van der Waals surface area contributed by atoms with E-state index in [1.54, 1.807) is 32.3 Å². The molecule has 0 radical (unpaired) electrons. The molecule has 1 N–H and O–H groups in total. The maximum Gasteiger partial charge on any atom is 0.419 e. The Hall–Kier alpha value is -1.53. The normalized spacial score (nSPS) is 12.0. The number of hydrogen-bond acceptors (Lipinski definition) is 3. The molecule has 3 nitrogen and oxygen atoms in total. The number of alkyl halides is 3. The first-order valence-electron chi connectivity index (χ1n) is 6.62. The molecule has 0 fully saturated rings. The van der Waals surface area contributed by atoms with E-state index >= 15 is 0 Å². The van der Waals surface area contributed by atoms with Gasteiger partial charge in [-0.05, 0) is 24.6 Å². The Bertz CT molecular complexity index is 459. The fraction of sp³-hybridized carbons (Fsp3) is 0.467. The lowest BCUT2D eigenvalue weighted by Crippen LogP contribution is -2.19. The van der Waals surface area contributed by atoms with Crippen molar-refractivity contribution in [2.45, 2.75) is 19.6 Å². The zero-order chi connectivity index (χ0) is 15.7. The van der Waals surface area contributed by atoms with Crippen LogP contribution < -0.4 is 10.1 Å². The lowest BCUT2D eigenvalue weighted by molar-refractivity contribution is -0.138. The number of rotatable bonds is 8. The minimum Gasteiger partial charge on any atom is -0.489 e. The summed E-state index contributed by atoms with van der Waals surface area (Å²) in [5.41, 5.74) is -0.199. The van der Waals surface area contributed by atoms with E-state index in [2.05, 4.69) is 5.32 Å². The van der Waals surface area contributed by atoms with Crippen LogP contribution in [0.4, 0.5) is 13.2 Å². The molecule has 0 aliphatic carbocycles. The van der Waals surface area contributed by atoms with Gasteiger partial charge in [-0.25, -0.2) is 0 Å². The van der Waals surface area contributed by atoms with Crippen molar-refractivity contribution in [1.82, 2.24) is 5.32 Å². The number of benzene rings is 1. The molecule has 0 saturated carbocycles. The second-order valence-electron chi connectivity index (χ2n) is 4.38. The number of allylic oxidation sites excluding steroid dienone is 1. The number of hydrogen-bond donors (Lipinski definition) is 1. The van der Waals surface area contributed by atoms with Gasteiger partial charge in [0.25, 0.3) is 0 Å². The van der Waals surface area contributed by atoms with Gasteiger partial charge in [0, 0.05) is 20.2 Å². The van der Waals surface area contributed by atoms with Crippen LogP contribution in [0.5, 0.6) is 5.75 Å². The molecule has 0 heterocycles. The summed E-state index contributed by atoms with van der Waals surface area (Å²) in [6, 6.07) is 4.10. The topological polar surface area (TPSA) is 30.5 Å².